The van der Waals surface area contributed by atoms with Crippen molar-refractivity contribution in [3.05, 3.63) is 121 Å². The Balaban J connectivity index is 0.00000343. The van der Waals surface area contributed by atoms with Crippen LogP contribution in [0.25, 0.3) is 33.3 Å². The van der Waals surface area contributed by atoms with Gasteiger partial charge in [-0.05, 0) is 63.9 Å². The molecule has 0 saturated carbocycles. The third-order valence-electron chi connectivity index (χ3n) is 7.94. The summed E-state index contributed by atoms with van der Waals surface area (Å²) < 4.78 is 8.73. The van der Waals surface area contributed by atoms with Gasteiger partial charge in [0.25, 0.3) is 0 Å². The number of pyridine rings is 2. The molecular formula is C37H31N4OPt-. The summed E-state index contributed by atoms with van der Waals surface area (Å²) >= 11 is 0. The van der Waals surface area contributed by atoms with Gasteiger partial charge >= 0.3 is 0 Å². The van der Waals surface area contributed by atoms with Gasteiger partial charge in [-0.25, -0.2) is 4.98 Å². The number of nitrogens with zero attached hydrogens (tertiary/aromatic N) is 4. The van der Waals surface area contributed by atoms with Gasteiger partial charge in [-0.3, -0.25) is 4.98 Å². The van der Waals surface area contributed by atoms with E-state index in [1.54, 1.807) is 12.3 Å². The molecule has 6 heteroatoms. The fourth-order valence-corrected chi connectivity index (χ4v) is 5.60. The predicted molar refractivity (Wildman–Crippen MR) is 172 cm³/mol. The molecule has 0 saturated heterocycles. The first-order chi connectivity index (χ1) is 20.7. The molecule has 1 aliphatic heterocycles. The molecule has 216 valence electrons. The van der Waals surface area contributed by atoms with E-state index >= 15 is 0 Å². The van der Waals surface area contributed by atoms with Gasteiger partial charge in [0.1, 0.15) is 17.1 Å². The number of para-hydroxylation sites is 2. The minimum Gasteiger partial charge on any atom is -0.505 e. The van der Waals surface area contributed by atoms with Crippen molar-refractivity contribution in [2.45, 2.75) is 26.2 Å². The van der Waals surface area contributed by atoms with Crippen molar-refractivity contribution < 1.29 is 27.5 Å². The van der Waals surface area contributed by atoms with Crippen molar-refractivity contribution in [1.29, 1.82) is 0 Å². The molecule has 6 aromatic rings. The van der Waals surface area contributed by atoms with E-state index in [4.69, 9.17) is 6.35 Å². The number of phenolic OH excluding ortho intramolecular Hbond substituents is 1. The van der Waals surface area contributed by atoms with E-state index in [1.165, 1.54) is 5.56 Å². The Morgan fingerprint density at radius 2 is 1.56 bits per heavy atom. The first kappa shape index (κ1) is 27.4. The monoisotopic (exact) mass is 743 g/mol. The fraction of sp³-hybridized carbons (Fsp3) is 0.135. The average Bonchev–Trinajstić information content (AvgIpc) is 3.02. The minimum atomic E-state index is 0. The maximum atomic E-state index is 11.5. The maximum Gasteiger partial charge on any atom is 0.148 e. The molecule has 0 unspecified atom stereocenters. The van der Waals surface area contributed by atoms with Crippen molar-refractivity contribution in [1.82, 2.24) is 9.97 Å². The molecule has 0 atom stereocenters. The van der Waals surface area contributed by atoms with Crippen molar-refractivity contribution in [3.8, 4) is 28.1 Å². The number of rotatable bonds is 3. The van der Waals surface area contributed by atoms with Crippen LogP contribution >= 0.6 is 0 Å². The molecule has 1 aliphatic rings. The van der Waals surface area contributed by atoms with Crippen molar-refractivity contribution in [2.75, 3.05) is 16.8 Å². The quantitative estimate of drug-likeness (QED) is 0.183. The standard InChI is InChI=1S/C37H31N4O.Pt/c1-37(2,3)27-17-12-24(13-18-27)28-19-14-25-15-20-29(39-35(25)36(28)42)26-16-21-31-33(23-26)41(34-11-7-8-22-38-34)32-10-6-5-9-30(32)40(31)4;/h5-22,42H,1-4H3;/q-1;/i14D;. The van der Waals surface area contributed by atoms with Crippen molar-refractivity contribution in [3.63, 3.8) is 0 Å². The Morgan fingerprint density at radius 1 is 0.814 bits per heavy atom. The zero-order valence-electron chi connectivity index (χ0n) is 25.4. The minimum absolute atomic E-state index is 0. The smallest absolute Gasteiger partial charge is 0.148 e. The molecule has 2 aromatic heterocycles. The van der Waals surface area contributed by atoms with Crippen LogP contribution in [0.1, 0.15) is 27.7 Å². The van der Waals surface area contributed by atoms with Crippen LogP contribution in [0.4, 0.5) is 28.6 Å². The molecule has 43 heavy (non-hydrogen) atoms. The van der Waals surface area contributed by atoms with Crippen LogP contribution in [0, 0.1) is 6.07 Å². The number of phenols is 1. The summed E-state index contributed by atoms with van der Waals surface area (Å²) in [5.41, 5.74) is 8.44. The van der Waals surface area contributed by atoms with Crippen LogP contribution in [-0.4, -0.2) is 22.1 Å². The normalized spacial score (nSPS) is 12.8. The van der Waals surface area contributed by atoms with Crippen LogP contribution in [0.3, 0.4) is 0 Å². The number of benzene rings is 4. The number of aromatic nitrogens is 2. The van der Waals surface area contributed by atoms with Crippen LogP contribution in [-0.2, 0) is 26.5 Å². The second kappa shape index (κ2) is 11.0. The first-order valence-corrected chi connectivity index (χ1v) is 14.1. The second-order valence-electron chi connectivity index (χ2n) is 11.6. The molecule has 0 amide bonds. The molecular weight excluding hydrogens is 712 g/mol. The second-order valence-corrected chi connectivity index (χ2v) is 11.6. The Labute approximate surface area is 268 Å². The van der Waals surface area contributed by atoms with Gasteiger partial charge < -0.3 is 14.9 Å². The molecule has 7 rings (SSSR count). The predicted octanol–water partition coefficient (Wildman–Crippen LogP) is 9.32. The number of hydrogen-bond donors (Lipinski definition) is 1. The Kier molecular flexibility index (Phi) is 6.99. The van der Waals surface area contributed by atoms with Crippen LogP contribution in [0.5, 0.6) is 5.75 Å². The third-order valence-corrected chi connectivity index (χ3v) is 7.94. The number of fused-ring (bicyclic) bond motifs is 3. The van der Waals surface area contributed by atoms with Crippen LogP contribution in [0.15, 0.2) is 109 Å². The molecule has 0 bridgehead atoms. The number of aromatic hydroxyl groups is 1. The number of hydrogen-bond acceptors (Lipinski definition) is 5. The fourth-order valence-electron chi connectivity index (χ4n) is 5.60. The summed E-state index contributed by atoms with van der Waals surface area (Å²) in [6, 6.07) is 35.8. The van der Waals surface area contributed by atoms with Gasteiger partial charge in [-0.1, -0.05) is 81.4 Å². The third kappa shape index (κ3) is 4.98. The largest absolute Gasteiger partial charge is 0.505 e. The SMILES string of the molecule is [2H]c1cc(-c2ccc(C(C)(C)C)cc2)c(O)c2nc(-c3[c-]c4c(cc3)N(C)c3ccccc3N4c3ccccn3)ccc12.[Pt]. The Bertz CT molecular complexity index is 2010. The Hall–Kier alpha value is -4.47. The van der Waals surface area contributed by atoms with E-state index in [1.807, 2.05) is 60.7 Å². The molecule has 3 heterocycles. The van der Waals surface area contributed by atoms with Crippen LogP contribution in [0.2, 0.25) is 0 Å². The summed E-state index contributed by atoms with van der Waals surface area (Å²) in [5.74, 6) is 0.862. The van der Waals surface area contributed by atoms with Gasteiger partial charge in [0.05, 0.1) is 12.7 Å². The summed E-state index contributed by atoms with van der Waals surface area (Å²) in [6.45, 7) is 6.52. The average molecular weight is 744 g/mol. The molecule has 4 aromatic carbocycles. The zero-order chi connectivity index (χ0) is 29.9. The van der Waals surface area contributed by atoms with Crippen molar-refractivity contribution in [2.24, 2.45) is 0 Å². The summed E-state index contributed by atoms with van der Waals surface area (Å²) in [6.07, 6.45) is 1.79. The molecule has 0 spiro atoms. The van der Waals surface area contributed by atoms with Crippen LogP contribution < -0.4 is 9.80 Å². The zero-order valence-corrected chi connectivity index (χ0v) is 26.6. The Morgan fingerprint density at radius 3 is 2.28 bits per heavy atom. The maximum absolute atomic E-state index is 11.5. The van der Waals surface area contributed by atoms with Gasteiger partial charge in [-0.15, -0.1) is 23.8 Å². The van der Waals surface area contributed by atoms with Gasteiger partial charge in [0.15, 0.2) is 0 Å². The topological polar surface area (TPSA) is 52.5 Å². The van der Waals surface area contributed by atoms with E-state index in [-0.39, 0.29) is 32.2 Å². The van der Waals surface area contributed by atoms with Gasteiger partial charge in [0.2, 0.25) is 0 Å². The molecule has 1 N–H and O–H groups in total. The first-order valence-electron chi connectivity index (χ1n) is 14.6. The molecule has 0 aliphatic carbocycles. The van der Waals surface area contributed by atoms with E-state index in [0.29, 0.717) is 28.2 Å². The summed E-state index contributed by atoms with van der Waals surface area (Å²) in [7, 11) is 2.05. The van der Waals surface area contributed by atoms with Gasteiger partial charge in [-0.2, -0.15) is 0 Å². The van der Waals surface area contributed by atoms with E-state index < -0.39 is 0 Å². The van der Waals surface area contributed by atoms with E-state index in [0.717, 1.165) is 39.7 Å². The van der Waals surface area contributed by atoms with Gasteiger partial charge in [0, 0.05) is 45.3 Å². The molecule has 5 nitrogen and oxygen atoms in total. The summed E-state index contributed by atoms with van der Waals surface area (Å²) in [4.78, 5) is 13.9. The summed E-state index contributed by atoms with van der Waals surface area (Å²) in [5, 5.41) is 12.1. The number of anilines is 5. The van der Waals surface area contributed by atoms with Crippen molar-refractivity contribution >= 4 is 39.5 Å². The van der Waals surface area contributed by atoms with E-state index in [2.05, 4.69) is 79.0 Å². The molecule has 0 radical (unpaired) electrons. The molecule has 0 fully saturated rings. The van der Waals surface area contributed by atoms with E-state index in [9.17, 15) is 5.11 Å².